The first kappa shape index (κ1) is 19.2. The average Bonchev–Trinajstić information content (AvgIpc) is 3.12. The molecule has 29 heavy (non-hydrogen) atoms. The van der Waals surface area contributed by atoms with Crippen molar-refractivity contribution in [1.29, 1.82) is 0 Å². The summed E-state index contributed by atoms with van der Waals surface area (Å²) >= 11 is 1.10. The first-order valence-electron chi connectivity index (χ1n) is 9.11. The zero-order valence-electron chi connectivity index (χ0n) is 15.9. The van der Waals surface area contributed by atoms with Gasteiger partial charge in [-0.3, -0.25) is 9.69 Å². The molecule has 146 valence electrons. The molecule has 6 heteroatoms. The molecule has 0 saturated heterocycles. The Hall–Kier alpha value is -3.12. The molecule has 0 N–H and O–H groups in total. The Morgan fingerprint density at radius 2 is 1.76 bits per heavy atom. The minimum absolute atomic E-state index is 0.0670. The van der Waals surface area contributed by atoms with Crippen molar-refractivity contribution in [3.8, 4) is 0 Å². The molecule has 0 atom stereocenters. The molecule has 0 saturated carbocycles. The van der Waals surface area contributed by atoms with Crippen LogP contribution < -0.4 is 4.90 Å². The smallest absolute Gasteiger partial charge is 0.260 e. The third-order valence-electron chi connectivity index (χ3n) is 4.82. The molecule has 0 aliphatic heterocycles. The van der Waals surface area contributed by atoms with Crippen molar-refractivity contribution < 1.29 is 13.6 Å². The Morgan fingerprint density at radius 1 is 1.00 bits per heavy atom. The molecular weight excluding hydrogens is 390 g/mol. The van der Waals surface area contributed by atoms with Crippen LogP contribution in [-0.4, -0.2) is 10.9 Å². The summed E-state index contributed by atoms with van der Waals surface area (Å²) in [5.74, 6) is -1.64. The molecule has 4 rings (SSSR count). The van der Waals surface area contributed by atoms with Crippen LogP contribution in [0.5, 0.6) is 0 Å². The van der Waals surface area contributed by atoms with E-state index in [0.29, 0.717) is 15.4 Å². The van der Waals surface area contributed by atoms with E-state index in [-0.39, 0.29) is 18.0 Å². The highest BCUT2D eigenvalue weighted by Gasteiger charge is 2.23. The van der Waals surface area contributed by atoms with Gasteiger partial charge in [-0.25, -0.2) is 13.8 Å². The second-order valence-electron chi connectivity index (χ2n) is 6.91. The molecule has 0 spiro atoms. The van der Waals surface area contributed by atoms with Crippen molar-refractivity contribution in [3.05, 3.63) is 94.6 Å². The summed E-state index contributed by atoms with van der Waals surface area (Å²) in [5, 5.41) is 0.330. The highest BCUT2D eigenvalue weighted by atomic mass is 32.1. The maximum atomic E-state index is 14.2. The second kappa shape index (κ2) is 7.72. The van der Waals surface area contributed by atoms with Gasteiger partial charge in [-0.05, 0) is 48.7 Å². The van der Waals surface area contributed by atoms with E-state index in [1.807, 2.05) is 56.3 Å². The van der Waals surface area contributed by atoms with Gasteiger partial charge in [-0.1, -0.05) is 47.7 Å². The zero-order valence-corrected chi connectivity index (χ0v) is 16.8. The number of thiazole rings is 1. The lowest BCUT2D eigenvalue weighted by Crippen LogP contribution is -2.30. The lowest BCUT2D eigenvalue weighted by Gasteiger charge is -2.20. The minimum Gasteiger partial charge on any atom is -0.279 e. The predicted molar refractivity (Wildman–Crippen MR) is 112 cm³/mol. The van der Waals surface area contributed by atoms with Crippen molar-refractivity contribution in [2.24, 2.45) is 0 Å². The third-order valence-corrected chi connectivity index (χ3v) is 5.84. The van der Waals surface area contributed by atoms with E-state index >= 15 is 0 Å². The standard InChI is InChI=1S/C23H18F2N2OS/c1-14-8-9-17(10-15(14)2)22(28)27(13-16-6-4-3-5-7-16)23-26-21-19(25)11-18(24)12-20(21)29-23/h3-12H,13H2,1-2H3. The zero-order chi connectivity index (χ0) is 20.5. The van der Waals surface area contributed by atoms with Crippen LogP contribution in [0.3, 0.4) is 0 Å². The van der Waals surface area contributed by atoms with Crippen LogP contribution in [0.4, 0.5) is 13.9 Å². The van der Waals surface area contributed by atoms with Crippen molar-refractivity contribution in [3.63, 3.8) is 0 Å². The Bertz CT molecular complexity index is 1200. The van der Waals surface area contributed by atoms with Gasteiger partial charge in [0.25, 0.3) is 5.91 Å². The van der Waals surface area contributed by atoms with Crippen LogP contribution in [0.1, 0.15) is 27.0 Å². The molecule has 4 aromatic rings. The van der Waals surface area contributed by atoms with E-state index in [1.165, 1.54) is 11.0 Å². The predicted octanol–water partition coefficient (Wildman–Crippen LogP) is 6.04. The average molecular weight is 408 g/mol. The van der Waals surface area contributed by atoms with Gasteiger partial charge in [-0.2, -0.15) is 0 Å². The van der Waals surface area contributed by atoms with Crippen LogP contribution >= 0.6 is 11.3 Å². The molecule has 0 bridgehead atoms. The van der Waals surface area contributed by atoms with Gasteiger partial charge < -0.3 is 0 Å². The summed E-state index contributed by atoms with van der Waals surface area (Å²) in [6.45, 7) is 4.20. The Balaban J connectivity index is 1.80. The number of rotatable bonds is 4. The van der Waals surface area contributed by atoms with Crippen molar-refractivity contribution in [1.82, 2.24) is 4.98 Å². The number of aromatic nitrogens is 1. The van der Waals surface area contributed by atoms with Gasteiger partial charge in [0.15, 0.2) is 10.9 Å². The van der Waals surface area contributed by atoms with Gasteiger partial charge in [0.2, 0.25) is 0 Å². The number of aryl methyl sites for hydroxylation is 2. The first-order chi connectivity index (χ1) is 13.9. The summed E-state index contributed by atoms with van der Waals surface area (Å²) in [6, 6.07) is 17.1. The van der Waals surface area contributed by atoms with Gasteiger partial charge >= 0.3 is 0 Å². The lowest BCUT2D eigenvalue weighted by molar-refractivity contribution is 0.0985. The van der Waals surface area contributed by atoms with E-state index in [9.17, 15) is 13.6 Å². The van der Waals surface area contributed by atoms with E-state index in [0.717, 1.165) is 34.1 Å². The Morgan fingerprint density at radius 3 is 2.48 bits per heavy atom. The van der Waals surface area contributed by atoms with E-state index in [1.54, 1.807) is 6.07 Å². The van der Waals surface area contributed by atoms with Crippen LogP contribution in [0, 0.1) is 25.5 Å². The van der Waals surface area contributed by atoms with Gasteiger partial charge in [-0.15, -0.1) is 0 Å². The van der Waals surface area contributed by atoms with E-state index < -0.39 is 11.6 Å². The first-order valence-corrected chi connectivity index (χ1v) is 9.92. The SMILES string of the molecule is Cc1ccc(C(=O)N(Cc2ccccc2)c2nc3c(F)cc(F)cc3s2)cc1C. The van der Waals surface area contributed by atoms with Gasteiger partial charge in [0.05, 0.1) is 11.2 Å². The number of benzene rings is 3. The molecule has 1 aromatic heterocycles. The highest BCUT2D eigenvalue weighted by Crippen LogP contribution is 2.33. The monoisotopic (exact) mass is 408 g/mol. The number of anilines is 1. The summed E-state index contributed by atoms with van der Waals surface area (Å²) in [7, 11) is 0. The van der Waals surface area contributed by atoms with Crippen molar-refractivity contribution in [2.45, 2.75) is 20.4 Å². The molecule has 3 aromatic carbocycles. The largest absolute Gasteiger partial charge is 0.279 e. The van der Waals surface area contributed by atoms with Crippen molar-refractivity contribution >= 4 is 32.6 Å². The molecule has 0 fully saturated rings. The topological polar surface area (TPSA) is 33.2 Å². The molecule has 0 aliphatic carbocycles. The normalized spacial score (nSPS) is 11.0. The van der Waals surface area contributed by atoms with Crippen LogP contribution in [0.15, 0.2) is 60.7 Å². The fourth-order valence-corrected chi connectivity index (χ4v) is 4.09. The lowest BCUT2D eigenvalue weighted by atomic mass is 10.1. The number of carbonyl (C=O) groups is 1. The third kappa shape index (κ3) is 3.89. The maximum Gasteiger partial charge on any atom is 0.260 e. The summed E-state index contributed by atoms with van der Waals surface area (Å²) in [4.78, 5) is 19.2. The highest BCUT2D eigenvalue weighted by molar-refractivity contribution is 7.22. The minimum atomic E-state index is -0.735. The number of hydrogen-bond donors (Lipinski definition) is 0. The van der Waals surface area contributed by atoms with Gasteiger partial charge in [0.1, 0.15) is 11.3 Å². The maximum absolute atomic E-state index is 14.2. The van der Waals surface area contributed by atoms with Gasteiger partial charge in [0, 0.05) is 11.6 Å². The van der Waals surface area contributed by atoms with Crippen molar-refractivity contribution in [2.75, 3.05) is 4.90 Å². The van der Waals surface area contributed by atoms with E-state index in [4.69, 9.17) is 0 Å². The molecule has 1 heterocycles. The molecule has 0 radical (unpaired) electrons. The number of hydrogen-bond acceptors (Lipinski definition) is 3. The van der Waals surface area contributed by atoms with Crippen LogP contribution in [0.25, 0.3) is 10.2 Å². The fraction of sp³-hybridized carbons (Fsp3) is 0.130. The number of fused-ring (bicyclic) bond motifs is 1. The molecular formula is C23H18F2N2OS. The summed E-state index contributed by atoms with van der Waals surface area (Å²) < 4.78 is 28.2. The van der Waals surface area contributed by atoms with Crippen LogP contribution in [-0.2, 0) is 6.54 Å². The molecule has 0 aliphatic rings. The number of nitrogens with zero attached hydrogens (tertiary/aromatic N) is 2. The summed E-state index contributed by atoms with van der Waals surface area (Å²) in [5.41, 5.74) is 3.60. The number of halogens is 2. The molecule has 3 nitrogen and oxygen atoms in total. The number of amides is 1. The Kier molecular flexibility index (Phi) is 5.11. The Labute approximate surface area is 171 Å². The van der Waals surface area contributed by atoms with Crippen LogP contribution in [0.2, 0.25) is 0 Å². The fourth-order valence-electron chi connectivity index (χ4n) is 3.08. The number of carbonyl (C=O) groups excluding carboxylic acids is 1. The summed E-state index contributed by atoms with van der Waals surface area (Å²) in [6.07, 6.45) is 0. The second-order valence-corrected chi connectivity index (χ2v) is 7.92. The van der Waals surface area contributed by atoms with E-state index in [2.05, 4.69) is 4.98 Å². The molecule has 1 amide bonds. The quantitative estimate of drug-likeness (QED) is 0.413. The molecule has 0 unspecified atom stereocenters.